The predicted molar refractivity (Wildman–Crippen MR) is 36.6 cm³/mol. The molecule has 0 saturated heterocycles. The second-order valence-electron chi connectivity index (χ2n) is 3.54. The standard InChI is InChI=1S/C8H12O2/c9-8(10)6-3-1-2-5-4-7(5)6/h5-7H,1-4H2,(H,9,10). The summed E-state index contributed by atoms with van der Waals surface area (Å²) in [6.07, 6.45) is 4.54. The molecule has 0 aliphatic heterocycles. The molecule has 3 unspecified atom stereocenters. The lowest BCUT2D eigenvalue weighted by Gasteiger charge is -2.16. The fourth-order valence-electron chi connectivity index (χ4n) is 2.22. The van der Waals surface area contributed by atoms with E-state index in [0.717, 1.165) is 18.8 Å². The Labute approximate surface area is 60.2 Å². The maximum Gasteiger partial charge on any atom is 0.306 e. The third kappa shape index (κ3) is 0.825. The Hall–Kier alpha value is -0.530. The summed E-state index contributed by atoms with van der Waals surface area (Å²) < 4.78 is 0. The van der Waals surface area contributed by atoms with Crippen LogP contribution in [0.25, 0.3) is 0 Å². The highest BCUT2D eigenvalue weighted by atomic mass is 16.4. The molecule has 0 aromatic rings. The first-order chi connectivity index (χ1) is 4.79. The maximum absolute atomic E-state index is 10.6. The van der Waals surface area contributed by atoms with E-state index in [9.17, 15) is 4.79 Å². The first-order valence-electron chi connectivity index (χ1n) is 4.02. The van der Waals surface area contributed by atoms with E-state index in [-0.39, 0.29) is 5.92 Å². The van der Waals surface area contributed by atoms with E-state index in [1.54, 1.807) is 0 Å². The predicted octanol–water partition coefficient (Wildman–Crippen LogP) is 1.51. The Morgan fingerprint density at radius 1 is 1.40 bits per heavy atom. The van der Waals surface area contributed by atoms with Crippen LogP contribution >= 0.6 is 0 Å². The van der Waals surface area contributed by atoms with Crippen molar-refractivity contribution in [2.24, 2.45) is 17.8 Å². The lowest BCUT2D eigenvalue weighted by molar-refractivity contribution is -0.143. The quantitative estimate of drug-likeness (QED) is 0.599. The van der Waals surface area contributed by atoms with Crippen LogP contribution in [-0.4, -0.2) is 11.1 Å². The van der Waals surface area contributed by atoms with Gasteiger partial charge in [0, 0.05) is 0 Å². The fraction of sp³-hybridized carbons (Fsp3) is 0.875. The van der Waals surface area contributed by atoms with Gasteiger partial charge in [0.1, 0.15) is 0 Å². The smallest absolute Gasteiger partial charge is 0.306 e. The first kappa shape index (κ1) is 6.20. The largest absolute Gasteiger partial charge is 0.481 e. The third-order valence-corrected chi connectivity index (χ3v) is 2.90. The number of carbonyl (C=O) groups is 1. The third-order valence-electron chi connectivity index (χ3n) is 2.90. The summed E-state index contributed by atoms with van der Waals surface area (Å²) in [7, 11) is 0. The van der Waals surface area contributed by atoms with Crippen LogP contribution in [0.4, 0.5) is 0 Å². The molecule has 1 N–H and O–H groups in total. The van der Waals surface area contributed by atoms with Crippen LogP contribution < -0.4 is 0 Å². The monoisotopic (exact) mass is 140 g/mol. The summed E-state index contributed by atoms with van der Waals surface area (Å²) >= 11 is 0. The van der Waals surface area contributed by atoms with Crippen LogP contribution in [0.2, 0.25) is 0 Å². The van der Waals surface area contributed by atoms with Crippen molar-refractivity contribution in [2.45, 2.75) is 25.7 Å². The number of aliphatic carboxylic acids is 1. The van der Waals surface area contributed by atoms with Crippen molar-refractivity contribution in [1.29, 1.82) is 0 Å². The minimum absolute atomic E-state index is 0.0127. The average molecular weight is 140 g/mol. The zero-order valence-electron chi connectivity index (χ0n) is 5.92. The minimum Gasteiger partial charge on any atom is -0.481 e. The van der Waals surface area contributed by atoms with Gasteiger partial charge in [-0.1, -0.05) is 12.8 Å². The molecule has 0 bridgehead atoms. The van der Waals surface area contributed by atoms with Gasteiger partial charge in [0.05, 0.1) is 5.92 Å². The second-order valence-corrected chi connectivity index (χ2v) is 3.54. The number of fused-ring (bicyclic) bond motifs is 1. The molecule has 10 heavy (non-hydrogen) atoms. The van der Waals surface area contributed by atoms with Crippen molar-refractivity contribution in [3.8, 4) is 0 Å². The van der Waals surface area contributed by atoms with Gasteiger partial charge in [-0.2, -0.15) is 0 Å². The Bertz CT molecular complexity index is 165. The average Bonchev–Trinajstić information content (AvgIpc) is 2.63. The van der Waals surface area contributed by atoms with E-state index in [4.69, 9.17) is 5.11 Å². The van der Waals surface area contributed by atoms with Crippen molar-refractivity contribution >= 4 is 5.97 Å². The summed E-state index contributed by atoms with van der Waals surface area (Å²) in [5, 5.41) is 8.74. The molecule has 0 aromatic carbocycles. The molecule has 0 amide bonds. The summed E-state index contributed by atoms with van der Waals surface area (Å²) in [4.78, 5) is 10.6. The highest BCUT2D eigenvalue weighted by Gasteiger charge is 2.47. The number of rotatable bonds is 1. The zero-order chi connectivity index (χ0) is 7.14. The van der Waals surface area contributed by atoms with Crippen molar-refractivity contribution in [3.05, 3.63) is 0 Å². The SMILES string of the molecule is O=C(O)C1CCCC2CC21. The molecule has 2 heteroatoms. The van der Waals surface area contributed by atoms with Crippen LogP contribution in [0, 0.1) is 17.8 Å². The maximum atomic E-state index is 10.6. The summed E-state index contributed by atoms with van der Waals surface area (Å²) in [6, 6.07) is 0. The lowest BCUT2D eigenvalue weighted by Crippen LogP contribution is -2.19. The summed E-state index contributed by atoms with van der Waals surface area (Å²) in [6.45, 7) is 0. The molecule has 2 aliphatic rings. The van der Waals surface area contributed by atoms with Gasteiger partial charge in [0.25, 0.3) is 0 Å². The lowest BCUT2D eigenvalue weighted by atomic mass is 9.89. The number of carboxylic acid groups (broad SMARTS) is 1. The molecule has 2 aliphatic carbocycles. The van der Waals surface area contributed by atoms with Gasteiger partial charge in [0.2, 0.25) is 0 Å². The molecule has 0 spiro atoms. The Morgan fingerprint density at radius 2 is 2.20 bits per heavy atom. The van der Waals surface area contributed by atoms with Crippen LogP contribution in [0.1, 0.15) is 25.7 Å². The Morgan fingerprint density at radius 3 is 2.80 bits per heavy atom. The van der Waals surface area contributed by atoms with E-state index in [2.05, 4.69) is 0 Å². The molecular formula is C8H12O2. The van der Waals surface area contributed by atoms with E-state index in [1.807, 2.05) is 0 Å². The Kier molecular flexibility index (Phi) is 1.22. The van der Waals surface area contributed by atoms with Gasteiger partial charge in [-0.3, -0.25) is 4.79 Å². The number of hydrogen-bond donors (Lipinski definition) is 1. The molecule has 2 nitrogen and oxygen atoms in total. The van der Waals surface area contributed by atoms with Crippen molar-refractivity contribution in [3.63, 3.8) is 0 Å². The minimum atomic E-state index is -0.563. The van der Waals surface area contributed by atoms with Gasteiger partial charge < -0.3 is 5.11 Å². The molecule has 0 heterocycles. The highest BCUT2D eigenvalue weighted by Crippen LogP contribution is 2.52. The van der Waals surface area contributed by atoms with Gasteiger partial charge in [-0.05, 0) is 24.7 Å². The molecular weight excluding hydrogens is 128 g/mol. The van der Waals surface area contributed by atoms with Crippen LogP contribution in [0.3, 0.4) is 0 Å². The van der Waals surface area contributed by atoms with Crippen LogP contribution in [0.15, 0.2) is 0 Å². The molecule has 2 saturated carbocycles. The Balaban J connectivity index is 2.02. The van der Waals surface area contributed by atoms with Crippen LogP contribution in [-0.2, 0) is 4.79 Å². The first-order valence-corrected chi connectivity index (χ1v) is 4.02. The molecule has 2 rings (SSSR count). The molecule has 3 atom stereocenters. The molecule has 56 valence electrons. The molecule has 2 fully saturated rings. The van der Waals surface area contributed by atoms with Gasteiger partial charge in [0.15, 0.2) is 0 Å². The van der Waals surface area contributed by atoms with Gasteiger partial charge in [-0.15, -0.1) is 0 Å². The normalized spacial score (nSPS) is 44.2. The number of carboxylic acids is 1. The van der Waals surface area contributed by atoms with E-state index >= 15 is 0 Å². The van der Waals surface area contributed by atoms with Crippen LogP contribution in [0.5, 0.6) is 0 Å². The van der Waals surface area contributed by atoms with E-state index in [0.29, 0.717) is 5.92 Å². The molecule has 0 radical (unpaired) electrons. The zero-order valence-corrected chi connectivity index (χ0v) is 5.92. The van der Waals surface area contributed by atoms with Gasteiger partial charge in [-0.25, -0.2) is 0 Å². The summed E-state index contributed by atoms with van der Waals surface area (Å²) in [5.74, 6) is 0.798. The highest BCUT2D eigenvalue weighted by molar-refractivity contribution is 5.71. The van der Waals surface area contributed by atoms with Gasteiger partial charge >= 0.3 is 5.97 Å². The van der Waals surface area contributed by atoms with E-state index < -0.39 is 5.97 Å². The van der Waals surface area contributed by atoms with Crippen molar-refractivity contribution in [1.82, 2.24) is 0 Å². The van der Waals surface area contributed by atoms with Crippen molar-refractivity contribution in [2.75, 3.05) is 0 Å². The fourth-order valence-corrected chi connectivity index (χ4v) is 2.22. The molecule has 0 aromatic heterocycles. The van der Waals surface area contributed by atoms with Crippen molar-refractivity contribution < 1.29 is 9.90 Å². The topological polar surface area (TPSA) is 37.3 Å². The summed E-state index contributed by atoms with van der Waals surface area (Å²) in [5.41, 5.74) is 0. The second kappa shape index (κ2) is 1.97. The number of hydrogen-bond acceptors (Lipinski definition) is 1. The van der Waals surface area contributed by atoms with E-state index in [1.165, 1.54) is 12.8 Å².